The maximum Gasteiger partial charge on any atom is 0.337 e. The largest absolute Gasteiger partial charge is 0.484 e. The van der Waals surface area contributed by atoms with Crippen LogP contribution < -0.4 is 9.47 Å². The second kappa shape index (κ2) is 14.8. The van der Waals surface area contributed by atoms with E-state index in [0.29, 0.717) is 35.8 Å². The smallest absolute Gasteiger partial charge is 0.337 e. The number of methoxy groups -OCH3 is 1. The summed E-state index contributed by atoms with van der Waals surface area (Å²) in [5.74, 6) is 3.69. The third-order valence-corrected chi connectivity index (χ3v) is 8.78. The Kier molecular flexibility index (Phi) is 10.4. The molecular weight excluding hydrogens is 710 g/mol. The first kappa shape index (κ1) is 31.6. The van der Waals surface area contributed by atoms with Gasteiger partial charge in [-0.15, -0.1) is 0 Å². The number of pyridine rings is 1. The number of aromatic nitrogens is 3. The van der Waals surface area contributed by atoms with Crippen molar-refractivity contribution in [2.75, 3.05) is 26.8 Å². The van der Waals surface area contributed by atoms with Crippen molar-refractivity contribution in [3.05, 3.63) is 83.1 Å². The zero-order valence-electron chi connectivity index (χ0n) is 24.7. The van der Waals surface area contributed by atoms with E-state index >= 15 is 0 Å². The zero-order valence-corrected chi connectivity index (χ0v) is 27.7. The van der Waals surface area contributed by atoms with E-state index in [1.165, 1.54) is 22.1 Å². The van der Waals surface area contributed by atoms with Crippen LogP contribution in [0.15, 0.2) is 54.6 Å². The van der Waals surface area contributed by atoms with Crippen LogP contribution in [-0.4, -0.2) is 64.4 Å². The minimum absolute atomic E-state index is 0.0292. The number of fused-ring (bicyclic) bond motifs is 1. The van der Waals surface area contributed by atoms with Gasteiger partial charge < -0.3 is 23.5 Å². The number of piperidine rings is 1. The number of hydrogen-bond donors (Lipinski definition) is 0. The number of carbonyl (C=O) groups excluding carboxylic acids is 1. The molecule has 0 spiro atoms. The van der Waals surface area contributed by atoms with Crippen molar-refractivity contribution < 1.29 is 28.1 Å². The first-order chi connectivity index (χ1) is 22.0. The lowest BCUT2D eigenvalue weighted by atomic mass is 10.1. The number of nitrogens with zero attached hydrogens (tertiary/aromatic N) is 4. The minimum atomic E-state index is -0.461. The Morgan fingerprint density at radius 2 is 1.98 bits per heavy atom. The molecule has 0 radical (unpaired) electrons. The molecule has 0 saturated carbocycles. The molecular formula is C33H32FIN4O5S. The quantitative estimate of drug-likeness (QED) is 0.108. The van der Waals surface area contributed by atoms with Crippen LogP contribution >= 0.6 is 30.1 Å². The Bertz CT molecular complexity index is 1730. The second-order valence-corrected chi connectivity index (χ2v) is 12.6. The molecule has 2 aromatic heterocycles. The lowest BCUT2D eigenvalue weighted by Gasteiger charge is -2.32. The van der Waals surface area contributed by atoms with Crippen molar-refractivity contribution in [3.63, 3.8) is 0 Å². The number of benzene rings is 2. The van der Waals surface area contributed by atoms with Crippen molar-refractivity contribution in [3.8, 4) is 22.8 Å². The van der Waals surface area contributed by atoms with Gasteiger partial charge in [-0.1, -0.05) is 12.0 Å². The van der Waals surface area contributed by atoms with Crippen LogP contribution in [0.4, 0.5) is 4.39 Å². The van der Waals surface area contributed by atoms with E-state index in [9.17, 15) is 9.18 Å². The van der Waals surface area contributed by atoms with Gasteiger partial charge >= 0.3 is 5.97 Å². The van der Waals surface area contributed by atoms with Gasteiger partial charge in [-0.3, -0.25) is 4.90 Å². The monoisotopic (exact) mass is 742 g/mol. The van der Waals surface area contributed by atoms with Gasteiger partial charge in [-0.25, -0.2) is 19.2 Å². The van der Waals surface area contributed by atoms with Gasteiger partial charge in [-0.05, 0) is 75.9 Å². The SMILES string of the molecule is COC(=O)c1ccc2nc(CN3CCC(Oc4cccc(COc5ccc(C#CSI)cc5F)n4)CC3)n(C[C@@H]3CCO3)c2c1. The fraction of sp³-hybridized carbons (Fsp3) is 0.364. The summed E-state index contributed by atoms with van der Waals surface area (Å²) < 4.78 is 39.3. The molecule has 0 aliphatic carbocycles. The molecule has 2 aliphatic rings. The summed E-state index contributed by atoms with van der Waals surface area (Å²) in [6.07, 6.45) is 2.88. The molecule has 2 aliphatic heterocycles. The molecule has 12 heteroatoms. The number of ether oxygens (including phenoxy) is 4. The molecule has 0 bridgehead atoms. The molecule has 4 aromatic rings. The van der Waals surface area contributed by atoms with Gasteiger partial charge in [0.05, 0.1) is 48.6 Å². The maximum absolute atomic E-state index is 14.5. The molecule has 2 fully saturated rings. The molecule has 0 unspecified atom stereocenters. The zero-order chi connectivity index (χ0) is 31.2. The highest BCUT2D eigenvalue weighted by Gasteiger charge is 2.26. The minimum Gasteiger partial charge on any atom is -0.484 e. The van der Waals surface area contributed by atoms with Gasteiger partial charge in [-0.2, -0.15) is 0 Å². The molecule has 45 heavy (non-hydrogen) atoms. The molecule has 9 nitrogen and oxygen atoms in total. The number of carbonyl (C=O) groups is 1. The van der Waals surface area contributed by atoms with E-state index in [2.05, 4.69) is 46.8 Å². The summed E-state index contributed by atoms with van der Waals surface area (Å²) in [7, 11) is 2.74. The van der Waals surface area contributed by atoms with Crippen LogP contribution in [-0.2, 0) is 29.2 Å². The normalized spacial score (nSPS) is 16.9. The van der Waals surface area contributed by atoms with Crippen molar-refractivity contribution in [2.45, 2.75) is 51.2 Å². The summed E-state index contributed by atoms with van der Waals surface area (Å²) in [4.78, 5) is 24.1. The first-order valence-corrected chi connectivity index (χ1v) is 18.1. The van der Waals surface area contributed by atoms with Gasteiger partial charge in [0.25, 0.3) is 0 Å². The number of imidazole rings is 1. The Morgan fingerprint density at radius 3 is 2.71 bits per heavy atom. The Balaban J connectivity index is 1.05. The van der Waals surface area contributed by atoms with Crippen LogP contribution in [0.2, 0.25) is 0 Å². The topological polar surface area (TPSA) is 87.9 Å². The summed E-state index contributed by atoms with van der Waals surface area (Å²) in [5, 5.41) is 2.84. The van der Waals surface area contributed by atoms with Crippen LogP contribution in [0.1, 0.15) is 46.7 Å². The third-order valence-electron chi connectivity index (χ3n) is 7.94. The first-order valence-electron chi connectivity index (χ1n) is 14.7. The molecule has 1 atom stereocenters. The molecule has 4 heterocycles. The van der Waals surface area contributed by atoms with Gasteiger partial charge in [0.1, 0.15) is 18.5 Å². The standard InChI is InChI=1S/C33H32FIN4O5S/c1-41-33(40)23-6-7-28-29(18-23)39(19-26-11-15-42-26)31(37-28)20-38-13-9-25(10-14-38)44-32-4-2-3-24(36-32)21-43-30-8-5-22(12-16-45-35)17-27(30)34/h2-8,17-18,25-26H,9-11,13-15,19-21H2,1H3/t26-/m0/s1. The summed E-state index contributed by atoms with van der Waals surface area (Å²) in [6.45, 7) is 3.98. The predicted octanol–water partition coefficient (Wildman–Crippen LogP) is 6.16. The van der Waals surface area contributed by atoms with E-state index in [1.54, 1.807) is 18.2 Å². The van der Waals surface area contributed by atoms with Gasteiger partial charge in [0, 0.05) is 52.5 Å². The van der Waals surface area contributed by atoms with E-state index in [4.69, 9.17) is 23.9 Å². The summed E-state index contributed by atoms with van der Waals surface area (Å²) >= 11 is 2.07. The number of esters is 1. The van der Waals surface area contributed by atoms with E-state index in [1.807, 2.05) is 30.3 Å². The fourth-order valence-electron chi connectivity index (χ4n) is 5.46. The van der Waals surface area contributed by atoms with Gasteiger partial charge in [0.15, 0.2) is 11.6 Å². The van der Waals surface area contributed by atoms with Crippen LogP contribution in [0.3, 0.4) is 0 Å². The van der Waals surface area contributed by atoms with E-state index in [0.717, 1.165) is 55.8 Å². The molecule has 0 amide bonds. The lowest BCUT2D eigenvalue weighted by molar-refractivity contribution is -0.0592. The number of likely N-dealkylation sites (tertiary alicyclic amines) is 1. The van der Waals surface area contributed by atoms with Crippen LogP contribution in [0, 0.1) is 17.0 Å². The van der Waals surface area contributed by atoms with E-state index < -0.39 is 5.82 Å². The Labute approximate surface area is 277 Å². The highest BCUT2D eigenvalue weighted by Crippen LogP contribution is 2.26. The number of hydrogen-bond acceptors (Lipinski definition) is 9. The highest BCUT2D eigenvalue weighted by atomic mass is 127. The molecule has 2 saturated heterocycles. The molecule has 2 aromatic carbocycles. The molecule has 6 rings (SSSR count). The van der Waals surface area contributed by atoms with Crippen LogP contribution in [0.5, 0.6) is 11.6 Å². The Morgan fingerprint density at radius 1 is 1.13 bits per heavy atom. The summed E-state index contributed by atoms with van der Waals surface area (Å²) in [5.41, 5.74) is 3.52. The molecule has 0 N–H and O–H groups in total. The lowest BCUT2D eigenvalue weighted by Crippen LogP contribution is -2.39. The summed E-state index contributed by atoms with van der Waals surface area (Å²) in [6, 6.07) is 15.7. The maximum atomic E-state index is 14.5. The van der Waals surface area contributed by atoms with Gasteiger partial charge in [0.2, 0.25) is 5.88 Å². The number of halogens is 2. The molecule has 234 valence electrons. The highest BCUT2D eigenvalue weighted by molar-refractivity contribution is 14.2. The Hall–Kier alpha value is -3.38. The average molecular weight is 743 g/mol. The van der Waals surface area contributed by atoms with Crippen molar-refractivity contribution in [1.82, 2.24) is 19.4 Å². The fourth-order valence-corrected chi connectivity index (χ4v) is 5.95. The van der Waals surface area contributed by atoms with Crippen LogP contribution in [0.25, 0.3) is 11.0 Å². The number of rotatable bonds is 10. The predicted molar refractivity (Wildman–Crippen MR) is 178 cm³/mol. The van der Waals surface area contributed by atoms with E-state index in [-0.39, 0.29) is 30.5 Å². The third kappa shape index (κ3) is 7.89. The second-order valence-electron chi connectivity index (χ2n) is 10.9. The average Bonchev–Trinajstić information content (AvgIpc) is 3.37. The van der Waals surface area contributed by atoms with Crippen molar-refractivity contribution in [1.29, 1.82) is 0 Å². The van der Waals surface area contributed by atoms with Crippen molar-refractivity contribution in [2.24, 2.45) is 0 Å². The van der Waals surface area contributed by atoms with Crippen molar-refractivity contribution >= 4 is 47.1 Å².